The van der Waals surface area contributed by atoms with Gasteiger partial charge in [0.05, 0.1) is 23.6 Å². The molecule has 0 radical (unpaired) electrons. The maximum Gasteiger partial charge on any atom is 0.420 e. The van der Waals surface area contributed by atoms with Crippen LogP contribution in [0.2, 0.25) is 5.02 Å². The highest BCUT2D eigenvalue weighted by atomic mass is 35.5. The van der Waals surface area contributed by atoms with E-state index in [0.29, 0.717) is 50.0 Å². The Hall–Kier alpha value is -3.34. The lowest BCUT2D eigenvalue weighted by Gasteiger charge is -2.46. The normalized spacial score (nSPS) is 23.5. The lowest BCUT2D eigenvalue weighted by atomic mass is 9.68. The predicted molar refractivity (Wildman–Crippen MR) is 205 cm³/mol. The number of hydrogen-bond acceptors (Lipinski definition) is 7. The van der Waals surface area contributed by atoms with Crippen molar-refractivity contribution < 1.29 is 28.0 Å². The molecular weight excluding hydrogens is 686 g/mol. The van der Waals surface area contributed by atoms with E-state index in [1.54, 1.807) is 46.1 Å². The Labute approximate surface area is 309 Å². The number of carbonyl (C=O) groups excluding carboxylic acids is 2. The number of ether oxygens (including phenoxy) is 3. The maximum absolute atomic E-state index is 14.5. The van der Waals surface area contributed by atoms with E-state index in [1.165, 1.54) is 11.1 Å². The third-order valence-corrected chi connectivity index (χ3v) is 13.2. The number of methoxy groups -OCH3 is 1. The van der Waals surface area contributed by atoms with E-state index in [0.717, 1.165) is 49.4 Å². The quantitative estimate of drug-likeness (QED) is 0.217. The van der Waals surface area contributed by atoms with Gasteiger partial charge in [-0.2, -0.15) is 0 Å². The number of carbonyl (C=O) groups is 2. The molecule has 1 aliphatic heterocycles. The summed E-state index contributed by atoms with van der Waals surface area (Å²) in [6, 6.07) is 11.5. The minimum absolute atomic E-state index is 0.0390. The first-order valence-corrected chi connectivity index (χ1v) is 20.1. The van der Waals surface area contributed by atoms with Gasteiger partial charge in [-0.25, -0.2) is 13.7 Å². The molecule has 0 saturated heterocycles. The van der Waals surface area contributed by atoms with Gasteiger partial charge in [0.15, 0.2) is 0 Å². The molecule has 5 rings (SSSR count). The summed E-state index contributed by atoms with van der Waals surface area (Å²) in [7, 11) is -1.86. The Balaban J connectivity index is 1.55. The van der Waals surface area contributed by atoms with Crippen LogP contribution in [0, 0.1) is 11.8 Å². The van der Waals surface area contributed by atoms with Crippen molar-refractivity contribution >= 4 is 39.2 Å². The van der Waals surface area contributed by atoms with Crippen molar-refractivity contribution in [1.29, 1.82) is 0 Å². The second kappa shape index (κ2) is 16.1. The summed E-state index contributed by atoms with van der Waals surface area (Å²) in [5.74, 6) is 0.677. The number of halogens is 1. The summed E-state index contributed by atoms with van der Waals surface area (Å²) < 4.78 is 39.1. The van der Waals surface area contributed by atoms with Crippen molar-refractivity contribution in [2.75, 3.05) is 31.7 Å². The van der Waals surface area contributed by atoms with Gasteiger partial charge in [-0.3, -0.25) is 4.79 Å². The lowest BCUT2D eigenvalue weighted by Crippen LogP contribution is -2.49. The molecule has 11 heteroatoms. The van der Waals surface area contributed by atoms with E-state index in [-0.39, 0.29) is 17.1 Å². The van der Waals surface area contributed by atoms with Gasteiger partial charge in [0.2, 0.25) is 0 Å². The number of rotatable bonds is 12. The van der Waals surface area contributed by atoms with Gasteiger partial charge >= 0.3 is 6.09 Å². The summed E-state index contributed by atoms with van der Waals surface area (Å²) in [5, 5.41) is 0.133. The third-order valence-electron chi connectivity index (χ3n) is 10.6. The third kappa shape index (κ3) is 8.83. The molecule has 51 heavy (non-hydrogen) atoms. The van der Waals surface area contributed by atoms with Crippen molar-refractivity contribution in [2.45, 2.75) is 101 Å². The summed E-state index contributed by atoms with van der Waals surface area (Å²) in [6.07, 6.45) is 9.14. The number of fused-ring (bicyclic) bond motifs is 3. The molecule has 2 aromatic rings. The molecule has 9 nitrogen and oxygen atoms in total. The Bertz CT molecular complexity index is 1750. The number of hydrogen-bond donors (Lipinski definition) is 1. The fourth-order valence-electron chi connectivity index (χ4n) is 7.90. The zero-order valence-corrected chi connectivity index (χ0v) is 32.3. The van der Waals surface area contributed by atoms with Crippen LogP contribution in [0.5, 0.6) is 5.75 Å². The smallest absolute Gasteiger partial charge is 0.420 e. The maximum atomic E-state index is 14.5. The molecule has 1 fully saturated rings. The molecule has 1 saturated carbocycles. The average molecular weight is 740 g/mol. The van der Waals surface area contributed by atoms with Crippen LogP contribution in [0.3, 0.4) is 0 Å². The molecule has 6 atom stereocenters. The molecular formula is C40H54ClN3O6S. The van der Waals surface area contributed by atoms with Crippen LogP contribution < -0.4 is 14.4 Å². The van der Waals surface area contributed by atoms with E-state index in [9.17, 15) is 13.8 Å². The summed E-state index contributed by atoms with van der Waals surface area (Å²) in [6.45, 7) is 16.7. The van der Waals surface area contributed by atoms with E-state index in [4.69, 9.17) is 25.8 Å². The molecule has 1 unspecified atom stereocenters. The molecule has 0 aromatic heterocycles. The van der Waals surface area contributed by atoms with Gasteiger partial charge in [0.1, 0.15) is 21.3 Å². The first kappa shape index (κ1) is 38.9. The molecule has 2 amide bonds. The van der Waals surface area contributed by atoms with Crippen molar-refractivity contribution in [3.05, 3.63) is 83.4 Å². The summed E-state index contributed by atoms with van der Waals surface area (Å²) in [4.78, 5) is 29.3. The van der Waals surface area contributed by atoms with Gasteiger partial charge < -0.3 is 19.1 Å². The Morgan fingerprint density at radius 2 is 2.00 bits per heavy atom. The van der Waals surface area contributed by atoms with Crippen LogP contribution in [0.4, 0.5) is 10.5 Å². The number of nitrogens with zero attached hydrogens (tertiary/aromatic N) is 2. The van der Waals surface area contributed by atoms with Crippen LogP contribution in [0.15, 0.2) is 66.1 Å². The summed E-state index contributed by atoms with van der Waals surface area (Å²) >= 11 is 6.45. The lowest BCUT2D eigenvalue weighted by molar-refractivity contribution is 0.0135. The van der Waals surface area contributed by atoms with Crippen LogP contribution in [0.25, 0.3) is 0 Å². The minimum Gasteiger partial charge on any atom is -0.490 e. The summed E-state index contributed by atoms with van der Waals surface area (Å²) in [5.41, 5.74) is 2.45. The number of aryl methyl sites for hydroxylation is 1. The predicted octanol–water partition coefficient (Wildman–Crippen LogP) is 8.83. The van der Waals surface area contributed by atoms with Crippen molar-refractivity contribution in [3.63, 3.8) is 0 Å². The second-order valence-corrected chi connectivity index (χ2v) is 17.8. The van der Waals surface area contributed by atoms with E-state index >= 15 is 0 Å². The van der Waals surface area contributed by atoms with Crippen LogP contribution in [-0.2, 0) is 31.2 Å². The van der Waals surface area contributed by atoms with Crippen molar-refractivity contribution in [1.82, 2.24) is 4.72 Å². The fourth-order valence-corrected chi connectivity index (χ4v) is 9.99. The second-order valence-electron chi connectivity index (χ2n) is 15.2. The topological polar surface area (TPSA) is 107 Å². The van der Waals surface area contributed by atoms with Crippen LogP contribution in [-0.4, -0.2) is 60.0 Å². The molecule has 2 aliphatic carbocycles. The first-order chi connectivity index (χ1) is 24.2. The highest BCUT2D eigenvalue weighted by Gasteiger charge is 2.44. The van der Waals surface area contributed by atoms with E-state index in [1.807, 2.05) is 25.1 Å². The standard InChI is InChI=1S/C40H54ClN3O6S/c1-8-11-14-31(9-2)51(47,43-38(46)50-39(4,5)6)42-37(45)28-16-20-36-34(23-28)44(24-29-15-18-32(29)35(10-3)48-7)25-40(26-49-36)21-12-13-27-22-30(41)17-19-33(27)40/h8,10,16-17,19-20,22-23,29,31-32,35H,1,3,9,11-15,18,21,24-26H2,2,4-7H3,(H,42,43,45,46,47)/t29-,31+,32+,35-,40-,51?/m0/s1. The number of allylic oxidation sites excluding steroid dienone is 1. The SMILES string of the molecule is C=CCC[C@@H](CC)S(=O)(=NC(=O)c1ccc2c(c1)N(C[C@@H]1CC[C@H]1[C@H](C=C)OC)C[C@@]1(CCCc3cc(Cl)ccc31)CO2)NC(=O)OC(C)(C)C. The van der Waals surface area contributed by atoms with Gasteiger partial charge in [-0.1, -0.05) is 36.7 Å². The molecule has 1 heterocycles. The van der Waals surface area contributed by atoms with Crippen LogP contribution >= 0.6 is 11.6 Å². The highest BCUT2D eigenvalue weighted by Crippen LogP contribution is 2.47. The molecule has 278 valence electrons. The fraction of sp³-hybridized carbons (Fsp3) is 0.550. The highest BCUT2D eigenvalue weighted by molar-refractivity contribution is 7.93. The number of anilines is 1. The Morgan fingerprint density at radius 1 is 1.22 bits per heavy atom. The molecule has 0 bridgehead atoms. The largest absolute Gasteiger partial charge is 0.490 e. The van der Waals surface area contributed by atoms with Gasteiger partial charge in [0, 0.05) is 36.2 Å². The number of nitrogens with one attached hydrogen (secondary N) is 1. The molecule has 2 aromatic carbocycles. The average Bonchev–Trinajstić information content (AvgIpc) is 3.21. The Kier molecular flexibility index (Phi) is 12.3. The number of benzene rings is 2. The monoisotopic (exact) mass is 739 g/mol. The minimum atomic E-state index is -3.58. The number of amides is 2. The first-order valence-electron chi connectivity index (χ1n) is 18.1. The van der Waals surface area contributed by atoms with Gasteiger partial charge in [-0.15, -0.1) is 17.5 Å². The van der Waals surface area contributed by atoms with E-state index < -0.39 is 32.8 Å². The Morgan fingerprint density at radius 3 is 2.65 bits per heavy atom. The van der Waals surface area contributed by atoms with Crippen molar-refractivity contribution in [3.8, 4) is 5.75 Å². The molecule has 3 aliphatic rings. The zero-order valence-electron chi connectivity index (χ0n) is 30.8. The molecule has 1 spiro atoms. The molecule has 1 N–H and O–H groups in total. The van der Waals surface area contributed by atoms with Gasteiger partial charge in [0.25, 0.3) is 5.91 Å². The zero-order chi connectivity index (χ0) is 37.0. The van der Waals surface area contributed by atoms with Crippen molar-refractivity contribution in [2.24, 2.45) is 16.2 Å². The van der Waals surface area contributed by atoms with Gasteiger partial charge in [-0.05, 0) is 125 Å². The van der Waals surface area contributed by atoms with E-state index in [2.05, 4.69) is 39.3 Å². The van der Waals surface area contributed by atoms with Crippen LogP contribution in [0.1, 0.15) is 94.1 Å².